The van der Waals surface area contributed by atoms with Gasteiger partial charge in [-0.05, 0) is 52.3 Å². The number of carbonyl (C=O) groups is 1. The average Bonchev–Trinajstić information content (AvgIpc) is 2.48. The number of hydrogen-bond acceptors (Lipinski definition) is 3. The van der Waals surface area contributed by atoms with E-state index in [0.29, 0.717) is 17.8 Å². The van der Waals surface area contributed by atoms with Crippen LogP contribution in [0.1, 0.15) is 10.4 Å². The minimum absolute atomic E-state index is 0.0182. The summed E-state index contributed by atoms with van der Waals surface area (Å²) in [5.41, 5.74) is 8.08. The highest BCUT2D eigenvalue weighted by molar-refractivity contribution is 9.11. The van der Waals surface area contributed by atoms with Gasteiger partial charge < -0.3 is 10.6 Å². The van der Waals surface area contributed by atoms with Crippen molar-refractivity contribution in [2.45, 2.75) is 4.90 Å². The van der Waals surface area contributed by atoms with Crippen LogP contribution in [0.3, 0.4) is 0 Å². The zero-order valence-electron chi connectivity index (χ0n) is 11.0. The number of anilines is 2. The van der Waals surface area contributed by atoms with Gasteiger partial charge in [0.1, 0.15) is 0 Å². The van der Waals surface area contributed by atoms with Gasteiger partial charge in [0.2, 0.25) is 0 Å². The van der Waals surface area contributed by atoms with Gasteiger partial charge >= 0.3 is 0 Å². The number of benzene rings is 2. The smallest absolute Gasteiger partial charge is 0.259 e. The van der Waals surface area contributed by atoms with Gasteiger partial charge in [0.05, 0.1) is 11.3 Å². The van der Waals surface area contributed by atoms with E-state index in [1.54, 1.807) is 16.7 Å². The van der Waals surface area contributed by atoms with E-state index in [0.717, 1.165) is 25.3 Å². The summed E-state index contributed by atoms with van der Waals surface area (Å²) in [6, 6.07) is 11.3. The SMILES string of the molecule is Nc1ccc2c(c1)N(C(=O)c1cc(Br)ccc1Br)CCS2. The summed E-state index contributed by atoms with van der Waals surface area (Å²) < 4.78 is 1.67. The fourth-order valence-corrected chi connectivity index (χ4v) is 4.00. The highest BCUT2D eigenvalue weighted by Gasteiger charge is 2.25. The maximum atomic E-state index is 12.9. The molecule has 0 saturated carbocycles. The van der Waals surface area contributed by atoms with E-state index < -0.39 is 0 Å². The number of fused-ring (bicyclic) bond motifs is 1. The lowest BCUT2D eigenvalue weighted by Gasteiger charge is -2.29. The molecular weight excluding hydrogens is 416 g/mol. The van der Waals surface area contributed by atoms with Crippen molar-refractivity contribution in [3.8, 4) is 0 Å². The Labute approximate surface area is 144 Å². The molecule has 1 amide bonds. The van der Waals surface area contributed by atoms with Crippen LogP contribution in [-0.4, -0.2) is 18.2 Å². The summed E-state index contributed by atoms with van der Waals surface area (Å²) in [5.74, 6) is 0.865. The fourth-order valence-electron chi connectivity index (χ4n) is 2.25. The monoisotopic (exact) mass is 426 g/mol. The van der Waals surface area contributed by atoms with E-state index in [-0.39, 0.29) is 5.91 Å². The highest BCUT2D eigenvalue weighted by Crippen LogP contribution is 2.37. The number of rotatable bonds is 1. The summed E-state index contributed by atoms with van der Waals surface area (Å²) in [6.07, 6.45) is 0. The van der Waals surface area contributed by atoms with Gasteiger partial charge in [-0.2, -0.15) is 0 Å². The van der Waals surface area contributed by atoms with Crippen LogP contribution in [0.15, 0.2) is 50.2 Å². The van der Waals surface area contributed by atoms with Crippen molar-refractivity contribution in [2.75, 3.05) is 22.9 Å². The van der Waals surface area contributed by atoms with E-state index in [2.05, 4.69) is 31.9 Å². The summed E-state index contributed by atoms with van der Waals surface area (Å²) in [6.45, 7) is 0.679. The van der Waals surface area contributed by atoms with Crippen LogP contribution >= 0.6 is 43.6 Å². The van der Waals surface area contributed by atoms with E-state index in [4.69, 9.17) is 5.73 Å². The molecule has 1 heterocycles. The minimum atomic E-state index is -0.0182. The summed E-state index contributed by atoms with van der Waals surface area (Å²) in [4.78, 5) is 15.8. The molecule has 3 nitrogen and oxygen atoms in total. The van der Waals surface area contributed by atoms with Crippen molar-refractivity contribution in [3.63, 3.8) is 0 Å². The molecule has 2 aromatic rings. The lowest BCUT2D eigenvalue weighted by atomic mass is 10.1. The number of carbonyl (C=O) groups excluding carboxylic acids is 1. The summed E-state index contributed by atoms with van der Waals surface area (Å²) >= 11 is 8.62. The molecule has 0 atom stereocenters. The third-order valence-corrected chi connectivity index (χ3v) is 5.48. The van der Waals surface area contributed by atoms with Crippen molar-refractivity contribution >= 4 is 60.9 Å². The lowest BCUT2D eigenvalue weighted by Crippen LogP contribution is -2.35. The van der Waals surface area contributed by atoms with Crippen LogP contribution < -0.4 is 10.6 Å². The number of amides is 1. The molecule has 1 aliphatic heterocycles. The molecule has 108 valence electrons. The summed E-state index contributed by atoms with van der Waals surface area (Å²) in [7, 11) is 0. The molecule has 0 spiro atoms. The molecule has 21 heavy (non-hydrogen) atoms. The Morgan fingerprint density at radius 2 is 2.00 bits per heavy atom. The van der Waals surface area contributed by atoms with Crippen LogP contribution in [0.25, 0.3) is 0 Å². The van der Waals surface area contributed by atoms with Crippen molar-refractivity contribution in [1.82, 2.24) is 0 Å². The predicted molar refractivity (Wildman–Crippen MR) is 95.1 cm³/mol. The van der Waals surface area contributed by atoms with E-state index >= 15 is 0 Å². The highest BCUT2D eigenvalue weighted by atomic mass is 79.9. The number of halogens is 2. The van der Waals surface area contributed by atoms with Crippen molar-refractivity contribution in [1.29, 1.82) is 0 Å². The van der Waals surface area contributed by atoms with Gasteiger partial charge in [0.15, 0.2) is 0 Å². The van der Waals surface area contributed by atoms with Crippen LogP contribution in [0, 0.1) is 0 Å². The maximum absolute atomic E-state index is 12.9. The van der Waals surface area contributed by atoms with Crippen molar-refractivity contribution < 1.29 is 4.79 Å². The molecule has 0 radical (unpaired) electrons. The van der Waals surface area contributed by atoms with Crippen molar-refractivity contribution in [2.24, 2.45) is 0 Å². The zero-order valence-corrected chi connectivity index (χ0v) is 15.0. The van der Waals surface area contributed by atoms with Gasteiger partial charge in [-0.25, -0.2) is 0 Å². The Kier molecular flexibility index (Phi) is 4.28. The molecule has 0 fully saturated rings. The number of nitrogens with two attached hydrogens (primary N) is 1. The van der Waals surface area contributed by atoms with Crippen LogP contribution in [0.2, 0.25) is 0 Å². The molecule has 6 heteroatoms. The van der Waals surface area contributed by atoms with Crippen LogP contribution in [0.5, 0.6) is 0 Å². The number of nitrogen functional groups attached to an aromatic ring is 1. The second-order valence-corrected chi connectivity index (χ2v) is 7.56. The molecule has 0 aliphatic carbocycles. The largest absolute Gasteiger partial charge is 0.399 e. The number of hydrogen-bond donors (Lipinski definition) is 1. The Balaban J connectivity index is 2.04. The third-order valence-electron chi connectivity index (χ3n) is 3.25. The van der Waals surface area contributed by atoms with Gasteiger partial charge in [-0.1, -0.05) is 15.9 Å². The standard InChI is InChI=1S/C15H12Br2N2OS/c16-9-1-3-12(17)11(7-9)15(20)19-5-6-21-14-4-2-10(18)8-13(14)19/h1-4,7-8H,5-6,18H2. The zero-order chi connectivity index (χ0) is 15.0. The number of nitrogens with zero attached hydrogens (tertiary/aromatic N) is 1. The second-order valence-electron chi connectivity index (χ2n) is 4.66. The topological polar surface area (TPSA) is 46.3 Å². The molecule has 0 saturated heterocycles. The van der Waals surface area contributed by atoms with E-state index in [1.165, 1.54) is 0 Å². The molecule has 0 bridgehead atoms. The van der Waals surface area contributed by atoms with E-state index in [1.807, 2.05) is 36.4 Å². The van der Waals surface area contributed by atoms with Gasteiger partial charge in [-0.3, -0.25) is 4.79 Å². The van der Waals surface area contributed by atoms with Crippen LogP contribution in [-0.2, 0) is 0 Å². The summed E-state index contributed by atoms with van der Waals surface area (Å²) in [5, 5.41) is 0. The third kappa shape index (κ3) is 2.98. The first kappa shape index (κ1) is 14.9. The molecule has 1 aliphatic rings. The normalized spacial score (nSPS) is 13.9. The molecule has 3 rings (SSSR count). The minimum Gasteiger partial charge on any atom is -0.399 e. The molecule has 0 aromatic heterocycles. The van der Waals surface area contributed by atoms with Gasteiger partial charge in [0, 0.05) is 31.8 Å². The maximum Gasteiger partial charge on any atom is 0.259 e. The van der Waals surface area contributed by atoms with E-state index in [9.17, 15) is 4.79 Å². The van der Waals surface area contributed by atoms with Crippen LogP contribution in [0.4, 0.5) is 11.4 Å². The lowest BCUT2D eigenvalue weighted by molar-refractivity contribution is 0.0987. The Morgan fingerprint density at radius 3 is 2.81 bits per heavy atom. The van der Waals surface area contributed by atoms with Gasteiger partial charge in [-0.15, -0.1) is 11.8 Å². The number of thioether (sulfide) groups is 1. The van der Waals surface area contributed by atoms with Crippen molar-refractivity contribution in [3.05, 3.63) is 50.9 Å². The Hall–Kier alpha value is -0.980. The fraction of sp³-hybridized carbons (Fsp3) is 0.133. The average molecular weight is 428 g/mol. The molecular formula is C15H12Br2N2OS. The first-order valence-corrected chi connectivity index (χ1v) is 8.92. The first-order chi connectivity index (χ1) is 10.1. The quantitative estimate of drug-likeness (QED) is 0.679. The predicted octanol–water partition coefficient (Wildman–Crippen LogP) is 4.55. The molecule has 2 aromatic carbocycles. The van der Waals surface area contributed by atoms with Gasteiger partial charge in [0.25, 0.3) is 5.91 Å². The first-order valence-electron chi connectivity index (χ1n) is 6.35. The molecule has 0 unspecified atom stereocenters. The Morgan fingerprint density at radius 1 is 1.19 bits per heavy atom. The molecule has 2 N–H and O–H groups in total. The second kappa shape index (κ2) is 6.02. The Bertz CT molecular complexity index is 721.